The molecule has 0 amide bonds. The fourth-order valence-electron chi connectivity index (χ4n) is 0.410. The minimum absolute atomic E-state index is 0.681. The summed E-state index contributed by atoms with van der Waals surface area (Å²) in [6, 6.07) is 0. The monoisotopic (exact) mass is 154 g/mol. The number of nitrogens with one attached hydrogen (secondary N) is 2. The average Bonchev–Trinajstić information content (AvgIpc) is 1.89. The standard InChI is InChI=1S/C4H14N2O2S/c1-4-6-9(7,5-2)8-3/h5-7H,4H2,1-3H3. The van der Waals surface area contributed by atoms with E-state index in [1.54, 1.807) is 7.05 Å². The first-order chi connectivity index (χ1) is 4.18. The van der Waals surface area contributed by atoms with Crippen molar-refractivity contribution in [3.8, 4) is 0 Å². The minimum atomic E-state index is -2.16. The van der Waals surface area contributed by atoms with Gasteiger partial charge in [0.05, 0.1) is 7.11 Å². The fourth-order valence-corrected chi connectivity index (χ4v) is 1.23. The maximum absolute atomic E-state index is 9.27. The van der Waals surface area contributed by atoms with Crippen LogP contribution in [0.1, 0.15) is 6.92 Å². The zero-order chi connectivity index (χ0) is 7.33. The van der Waals surface area contributed by atoms with Crippen molar-refractivity contribution >= 4 is 11.0 Å². The van der Waals surface area contributed by atoms with Crippen LogP contribution in [0.2, 0.25) is 0 Å². The van der Waals surface area contributed by atoms with Gasteiger partial charge in [-0.2, -0.15) is 0 Å². The van der Waals surface area contributed by atoms with Gasteiger partial charge in [-0.15, -0.1) is 0 Å². The van der Waals surface area contributed by atoms with Crippen molar-refractivity contribution in [3.63, 3.8) is 0 Å². The topological polar surface area (TPSA) is 53.5 Å². The van der Waals surface area contributed by atoms with E-state index in [2.05, 4.69) is 9.44 Å². The molecule has 0 aliphatic carbocycles. The molecule has 0 aromatic carbocycles. The third kappa shape index (κ3) is 3.02. The van der Waals surface area contributed by atoms with E-state index in [4.69, 9.17) is 4.18 Å². The zero-order valence-electron chi connectivity index (χ0n) is 5.97. The first kappa shape index (κ1) is 9.19. The van der Waals surface area contributed by atoms with E-state index >= 15 is 0 Å². The molecule has 0 aromatic rings. The van der Waals surface area contributed by atoms with Crippen LogP contribution in [0.4, 0.5) is 0 Å². The molecule has 0 fully saturated rings. The summed E-state index contributed by atoms with van der Waals surface area (Å²) in [5.41, 5.74) is 0. The second-order valence-corrected chi connectivity index (χ2v) is 3.48. The number of rotatable bonds is 4. The Morgan fingerprint density at radius 3 is 2.33 bits per heavy atom. The summed E-state index contributed by atoms with van der Waals surface area (Å²) in [7, 11) is 0.928. The molecule has 5 heteroatoms. The molecular weight excluding hydrogens is 140 g/mol. The molecule has 0 spiro atoms. The largest absolute Gasteiger partial charge is 0.273 e. The highest BCUT2D eigenvalue weighted by Crippen LogP contribution is 2.32. The normalized spacial score (nSPS) is 20.9. The first-order valence-corrected chi connectivity index (χ1v) is 4.24. The average molecular weight is 154 g/mol. The molecule has 9 heavy (non-hydrogen) atoms. The lowest BCUT2D eigenvalue weighted by atomic mass is 10.8. The molecule has 3 N–H and O–H groups in total. The molecule has 0 saturated carbocycles. The molecule has 0 radical (unpaired) electrons. The van der Waals surface area contributed by atoms with Crippen molar-refractivity contribution in [1.82, 2.24) is 9.44 Å². The Balaban J connectivity index is 3.62. The summed E-state index contributed by atoms with van der Waals surface area (Å²) in [6.45, 7) is 2.58. The lowest BCUT2D eigenvalue weighted by molar-refractivity contribution is 0.377. The lowest BCUT2D eigenvalue weighted by Gasteiger charge is -2.35. The van der Waals surface area contributed by atoms with Gasteiger partial charge in [0.15, 0.2) is 0 Å². The minimum Gasteiger partial charge on any atom is -0.273 e. The molecular formula is C4H14N2O2S. The van der Waals surface area contributed by atoms with Crippen LogP contribution in [0.3, 0.4) is 0 Å². The van der Waals surface area contributed by atoms with Gasteiger partial charge >= 0.3 is 0 Å². The SMILES string of the molecule is CCNS(O)(NC)OC. The van der Waals surface area contributed by atoms with Gasteiger partial charge in [-0.1, -0.05) is 17.9 Å². The van der Waals surface area contributed by atoms with Crippen LogP contribution >= 0.6 is 11.0 Å². The van der Waals surface area contributed by atoms with Gasteiger partial charge < -0.3 is 0 Å². The molecule has 0 saturated heterocycles. The Kier molecular flexibility index (Phi) is 4.16. The Labute approximate surface area is 57.6 Å². The van der Waals surface area contributed by atoms with E-state index in [0.29, 0.717) is 6.54 Å². The van der Waals surface area contributed by atoms with Crippen LogP contribution < -0.4 is 9.44 Å². The molecule has 0 aromatic heterocycles. The molecule has 4 nitrogen and oxygen atoms in total. The Morgan fingerprint density at radius 1 is 1.67 bits per heavy atom. The predicted molar refractivity (Wildman–Crippen MR) is 40.0 cm³/mol. The van der Waals surface area contributed by atoms with Crippen molar-refractivity contribution in [2.24, 2.45) is 0 Å². The van der Waals surface area contributed by atoms with Gasteiger partial charge in [-0.25, -0.2) is 9.44 Å². The van der Waals surface area contributed by atoms with Gasteiger partial charge in [-0.05, 0) is 0 Å². The third-order valence-corrected chi connectivity index (χ3v) is 2.57. The van der Waals surface area contributed by atoms with E-state index < -0.39 is 11.0 Å². The van der Waals surface area contributed by atoms with Crippen molar-refractivity contribution in [3.05, 3.63) is 0 Å². The van der Waals surface area contributed by atoms with Crippen LogP contribution in [0.5, 0.6) is 0 Å². The van der Waals surface area contributed by atoms with E-state index in [-0.39, 0.29) is 0 Å². The summed E-state index contributed by atoms with van der Waals surface area (Å²) in [5, 5.41) is 0. The predicted octanol–water partition coefficient (Wildman–Crippen LogP) is 0.484. The van der Waals surface area contributed by atoms with Gasteiger partial charge in [0.25, 0.3) is 0 Å². The molecule has 0 heterocycles. The van der Waals surface area contributed by atoms with Gasteiger partial charge in [0, 0.05) is 13.6 Å². The second kappa shape index (κ2) is 4.08. The smallest absolute Gasteiger partial charge is 0.0634 e. The van der Waals surface area contributed by atoms with Crippen LogP contribution in [0.15, 0.2) is 0 Å². The van der Waals surface area contributed by atoms with Crippen molar-refractivity contribution in [2.75, 3.05) is 20.7 Å². The lowest BCUT2D eigenvalue weighted by Crippen LogP contribution is -2.30. The second-order valence-electron chi connectivity index (χ2n) is 1.39. The maximum Gasteiger partial charge on any atom is 0.0634 e. The van der Waals surface area contributed by atoms with E-state index in [1.807, 2.05) is 6.92 Å². The van der Waals surface area contributed by atoms with Gasteiger partial charge in [-0.3, -0.25) is 8.74 Å². The van der Waals surface area contributed by atoms with Crippen LogP contribution in [-0.4, -0.2) is 25.3 Å². The van der Waals surface area contributed by atoms with E-state index in [0.717, 1.165) is 0 Å². The van der Waals surface area contributed by atoms with Crippen molar-refractivity contribution in [1.29, 1.82) is 0 Å². The van der Waals surface area contributed by atoms with Crippen LogP contribution in [-0.2, 0) is 4.18 Å². The maximum atomic E-state index is 9.27. The van der Waals surface area contributed by atoms with Gasteiger partial charge in [0.1, 0.15) is 0 Å². The fraction of sp³-hybridized carbons (Fsp3) is 1.00. The van der Waals surface area contributed by atoms with Crippen molar-refractivity contribution in [2.45, 2.75) is 6.92 Å². The van der Waals surface area contributed by atoms with Gasteiger partial charge in [0.2, 0.25) is 0 Å². The van der Waals surface area contributed by atoms with E-state index in [1.165, 1.54) is 7.11 Å². The molecule has 0 aliphatic rings. The summed E-state index contributed by atoms with van der Waals surface area (Å²) in [5.74, 6) is 0. The molecule has 0 aliphatic heterocycles. The summed E-state index contributed by atoms with van der Waals surface area (Å²) >= 11 is 0. The molecule has 0 bridgehead atoms. The number of hydrogen-bond acceptors (Lipinski definition) is 4. The Hall–Kier alpha value is 0.190. The summed E-state index contributed by atoms with van der Waals surface area (Å²) in [6.07, 6.45) is 0. The van der Waals surface area contributed by atoms with Crippen molar-refractivity contribution < 1.29 is 8.74 Å². The summed E-state index contributed by atoms with van der Waals surface area (Å²) < 4.78 is 19.4. The summed E-state index contributed by atoms with van der Waals surface area (Å²) in [4.78, 5) is 0. The van der Waals surface area contributed by atoms with Crippen LogP contribution in [0.25, 0.3) is 0 Å². The Bertz CT molecular complexity index is 77.0. The molecule has 58 valence electrons. The van der Waals surface area contributed by atoms with E-state index in [9.17, 15) is 4.55 Å². The highest BCUT2D eigenvalue weighted by Gasteiger charge is 2.07. The highest BCUT2D eigenvalue weighted by atomic mass is 32.3. The molecule has 0 rings (SSSR count). The van der Waals surface area contributed by atoms with Crippen LogP contribution in [0, 0.1) is 0 Å². The molecule has 1 unspecified atom stereocenters. The number of hydrogen-bond donors (Lipinski definition) is 3. The third-order valence-electron chi connectivity index (χ3n) is 0.858. The Morgan fingerprint density at radius 2 is 2.22 bits per heavy atom. The zero-order valence-corrected chi connectivity index (χ0v) is 6.79. The molecule has 1 atom stereocenters. The first-order valence-electron chi connectivity index (χ1n) is 2.73. The highest BCUT2D eigenvalue weighted by molar-refractivity contribution is 8.21. The quantitative estimate of drug-likeness (QED) is 0.551.